The Kier molecular flexibility index (Phi) is 6.79. The van der Waals surface area contributed by atoms with Crippen molar-refractivity contribution in [2.24, 2.45) is 4.99 Å². The number of nitrogens with one attached hydrogen (secondary N) is 2. The average molecular weight is 400 g/mol. The van der Waals surface area contributed by atoms with Gasteiger partial charge in [-0.05, 0) is 25.0 Å². The fourth-order valence-corrected chi connectivity index (χ4v) is 3.68. The summed E-state index contributed by atoms with van der Waals surface area (Å²) < 4.78 is 0. The molecule has 0 saturated carbocycles. The Hall–Kier alpha value is -2.44. The second kappa shape index (κ2) is 9.48. The van der Waals surface area contributed by atoms with Gasteiger partial charge >= 0.3 is 0 Å². The zero-order valence-corrected chi connectivity index (χ0v) is 16.9. The van der Waals surface area contributed by atoms with Crippen LogP contribution < -0.4 is 10.6 Å². The number of aryl methyl sites for hydroxylation is 1. The molecule has 0 bridgehead atoms. The number of guanidine groups is 1. The lowest BCUT2D eigenvalue weighted by atomic mass is 10.2. The van der Waals surface area contributed by atoms with Crippen molar-refractivity contribution in [3.8, 4) is 10.6 Å². The third-order valence-electron chi connectivity index (χ3n) is 4.05. The van der Waals surface area contributed by atoms with Crippen molar-refractivity contribution in [2.45, 2.75) is 19.9 Å². The van der Waals surface area contributed by atoms with Crippen molar-refractivity contribution in [3.05, 3.63) is 69.9 Å². The van der Waals surface area contributed by atoms with E-state index in [1.54, 1.807) is 30.6 Å². The molecule has 0 aliphatic carbocycles. The predicted octanol–water partition coefficient (Wildman–Crippen LogP) is 4.07. The Labute approximate surface area is 168 Å². The van der Waals surface area contributed by atoms with Crippen LogP contribution in [-0.2, 0) is 13.0 Å². The molecule has 0 fully saturated rings. The zero-order chi connectivity index (χ0) is 19.1. The highest BCUT2D eigenvalue weighted by atomic mass is 35.5. The van der Waals surface area contributed by atoms with Gasteiger partial charge in [-0.25, -0.2) is 9.97 Å². The molecular formula is C20H22ClN5S. The third-order valence-corrected chi connectivity index (χ3v) is 5.48. The Morgan fingerprint density at radius 1 is 1.15 bits per heavy atom. The number of nitrogens with zero attached hydrogens (tertiary/aromatic N) is 3. The number of aromatic nitrogens is 2. The zero-order valence-electron chi connectivity index (χ0n) is 15.4. The molecule has 3 rings (SSSR count). The molecule has 0 atom stereocenters. The van der Waals surface area contributed by atoms with Gasteiger partial charge in [-0.3, -0.25) is 4.99 Å². The molecule has 140 valence electrons. The summed E-state index contributed by atoms with van der Waals surface area (Å²) >= 11 is 7.52. The van der Waals surface area contributed by atoms with Gasteiger partial charge in [0, 0.05) is 30.2 Å². The highest BCUT2D eigenvalue weighted by Gasteiger charge is 2.09. The molecule has 7 heteroatoms. The molecule has 0 radical (unpaired) electrons. The maximum absolute atomic E-state index is 5.81. The first-order valence-corrected chi connectivity index (χ1v) is 9.92. The second-order valence-corrected chi connectivity index (χ2v) is 7.46. The van der Waals surface area contributed by atoms with Crippen LogP contribution in [0.5, 0.6) is 0 Å². The normalized spacial score (nSPS) is 11.4. The SMILES string of the molecule is CN=C(NCCc1ccc(Cl)nc1)NCc1sc(-c2ccccc2)nc1C. The lowest BCUT2D eigenvalue weighted by Crippen LogP contribution is -2.37. The van der Waals surface area contributed by atoms with Crippen molar-refractivity contribution >= 4 is 28.9 Å². The molecule has 1 aromatic carbocycles. The van der Waals surface area contributed by atoms with E-state index < -0.39 is 0 Å². The van der Waals surface area contributed by atoms with Crippen molar-refractivity contribution in [1.82, 2.24) is 20.6 Å². The third kappa shape index (κ3) is 5.52. The quantitative estimate of drug-likeness (QED) is 0.372. The minimum absolute atomic E-state index is 0.513. The Bertz CT molecular complexity index is 890. The number of hydrogen-bond acceptors (Lipinski definition) is 4. The van der Waals surface area contributed by atoms with Gasteiger partial charge in [0.1, 0.15) is 10.2 Å². The molecule has 2 N–H and O–H groups in total. The highest BCUT2D eigenvalue weighted by molar-refractivity contribution is 7.15. The largest absolute Gasteiger partial charge is 0.356 e. The van der Waals surface area contributed by atoms with Crippen LogP contribution in [-0.4, -0.2) is 29.5 Å². The summed E-state index contributed by atoms with van der Waals surface area (Å²) in [6.07, 6.45) is 2.65. The van der Waals surface area contributed by atoms with E-state index >= 15 is 0 Å². The summed E-state index contributed by atoms with van der Waals surface area (Å²) in [7, 11) is 1.77. The van der Waals surface area contributed by atoms with Crippen molar-refractivity contribution in [2.75, 3.05) is 13.6 Å². The fraction of sp³-hybridized carbons (Fsp3) is 0.250. The number of rotatable bonds is 6. The Morgan fingerprint density at radius 2 is 1.96 bits per heavy atom. The van der Waals surface area contributed by atoms with Crippen LogP contribution in [0.15, 0.2) is 53.7 Å². The Balaban J connectivity index is 1.52. The topological polar surface area (TPSA) is 62.2 Å². The number of benzene rings is 1. The van der Waals surface area contributed by atoms with E-state index in [1.807, 2.05) is 31.2 Å². The Morgan fingerprint density at radius 3 is 2.67 bits per heavy atom. The molecular weight excluding hydrogens is 378 g/mol. The van der Waals surface area contributed by atoms with Crippen LogP contribution in [0.1, 0.15) is 16.1 Å². The van der Waals surface area contributed by atoms with Crippen molar-refractivity contribution in [1.29, 1.82) is 0 Å². The molecule has 2 aromatic heterocycles. The van der Waals surface area contributed by atoms with Crippen molar-refractivity contribution in [3.63, 3.8) is 0 Å². The molecule has 0 spiro atoms. The maximum Gasteiger partial charge on any atom is 0.191 e. The van der Waals surface area contributed by atoms with E-state index in [2.05, 4.69) is 32.7 Å². The molecule has 0 unspecified atom stereocenters. The van der Waals surface area contributed by atoms with Crippen LogP contribution in [0.2, 0.25) is 5.15 Å². The van der Waals surface area contributed by atoms with Gasteiger partial charge in [0.15, 0.2) is 5.96 Å². The predicted molar refractivity (Wildman–Crippen MR) is 113 cm³/mol. The minimum atomic E-state index is 0.513. The van der Waals surface area contributed by atoms with E-state index in [4.69, 9.17) is 16.6 Å². The summed E-state index contributed by atoms with van der Waals surface area (Å²) in [5, 5.41) is 8.24. The van der Waals surface area contributed by atoms with Gasteiger partial charge in [-0.1, -0.05) is 48.0 Å². The van der Waals surface area contributed by atoms with E-state index in [0.29, 0.717) is 11.7 Å². The van der Waals surface area contributed by atoms with E-state index in [9.17, 15) is 0 Å². The molecule has 0 aliphatic rings. The van der Waals surface area contributed by atoms with Gasteiger partial charge in [-0.15, -0.1) is 11.3 Å². The molecule has 0 saturated heterocycles. The van der Waals surface area contributed by atoms with E-state index in [0.717, 1.165) is 40.8 Å². The van der Waals surface area contributed by atoms with Crippen LogP contribution in [0, 0.1) is 6.92 Å². The smallest absolute Gasteiger partial charge is 0.191 e. The van der Waals surface area contributed by atoms with Crippen LogP contribution in [0.25, 0.3) is 10.6 Å². The monoisotopic (exact) mass is 399 g/mol. The lowest BCUT2D eigenvalue weighted by Gasteiger charge is -2.11. The summed E-state index contributed by atoms with van der Waals surface area (Å²) in [5.41, 5.74) is 3.33. The number of thiazole rings is 1. The number of aliphatic imine (C=N–C) groups is 1. The summed E-state index contributed by atoms with van der Waals surface area (Å²) in [6.45, 7) is 3.50. The lowest BCUT2D eigenvalue weighted by molar-refractivity contribution is 0.795. The maximum atomic E-state index is 5.81. The molecule has 3 aromatic rings. The van der Waals surface area contributed by atoms with Crippen molar-refractivity contribution < 1.29 is 0 Å². The highest BCUT2D eigenvalue weighted by Crippen LogP contribution is 2.27. The minimum Gasteiger partial charge on any atom is -0.356 e. The molecule has 27 heavy (non-hydrogen) atoms. The fourth-order valence-electron chi connectivity index (χ4n) is 2.56. The summed E-state index contributed by atoms with van der Waals surface area (Å²) in [5.74, 6) is 0.769. The van der Waals surface area contributed by atoms with Crippen LogP contribution >= 0.6 is 22.9 Å². The van der Waals surface area contributed by atoms with E-state index in [1.165, 1.54) is 4.88 Å². The number of pyridine rings is 1. The first-order chi connectivity index (χ1) is 13.2. The number of halogens is 1. The molecule has 5 nitrogen and oxygen atoms in total. The second-order valence-electron chi connectivity index (χ2n) is 5.99. The van der Waals surface area contributed by atoms with Crippen LogP contribution in [0.4, 0.5) is 0 Å². The van der Waals surface area contributed by atoms with Gasteiger partial charge in [0.2, 0.25) is 0 Å². The van der Waals surface area contributed by atoms with Gasteiger partial charge < -0.3 is 10.6 Å². The molecule has 0 aliphatic heterocycles. The number of hydrogen-bond donors (Lipinski definition) is 2. The first-order valence-electron chi connectivity index (χ1n) is 8.72. The van der Waals surface area contributed by atoms with E-state index in [-0.39, 0.29) is 0 Å². The standard InChI is InChI=1S/C20H22ClN5S/c1-14-17(27-19(26-14)16-6-4-3-5-7-16)13-25-20(22-2)23-11-10-15-8-9-18(21)24-12-15/h3-9,12H,10-11,13H2,1-2H3,(H2,22,23,25). The van der Waals surface area contributed by atoms with Gasteiger partial charge in [0.05, 0.1) is 12.2 Å². The molecule has 2 heterocycles. The molecule has 0 amide bonds. The van der Waals surface area contributed by atoms with Gasteiger partial charge in [-0.2, -0.15) is 0 Å². The van der Waals surface area contributed by atoms with Gasteiger partial charge in [0.25, 0.3) is 0 Å². The average Bonchev–Trinajstić information content (AvgIpc) is 3.07. The first kappa shape index (κ1) is 19.3. The summed E-state index contributed by atoms with van der Waals surface area (Å²) in [6, 6.07) is 14.0. The van der Waals surface area contributed by atoms with Crippen LogP contribution in [0.3, 0.4) is 0 Å². The summed E-state index contributed by atoms with van der Waals surface area (Å²) in [4.78, 5) is 14.3.